The van der Waals surface area contributed by atoms with Crippen molar-refractivity contribution >= 4 is 23.9 Å². The van der Waals surface area contributed by atoms with E-state index < -0.39 is 11.9 Å². The van der Waals surface area contributed by atoms with Gasteiger partial charge in [0.2, 0.25) is 0 Å². The van der Waals surface area contributed by atoms with Crippen molar-refractivity contribution in [3.05, 3.63) is 34.6 Å². The highest BCUT2D eigenvalue weighted by atomic mass is 35.5. The van der Waals surface area contributed by atoms with Crippen molar-refractivity contribution in [3.8, 4) is 0 Å². The van der Waals surface area contributed by atoms with Gasteiger partial charge >= 0.3 is 6.09 Å². The summed E-state index contributed by atoms with van der Waals surface area (Å²) in [7, 11) is 1.41. The molecule has 0 unspecified atom stereocenters. The van der Waals surface area contributed by atoms with Crippen molar-refractivity contribution in [2.24, 2.45) is 5.16 Å². The minimum Gasteiger partial charge on any atom is -0.323 e. The zero-order valence-corrected chi connectivity index (χ0v) is 8.58. The van der Waals surface area contributed by atoms with Gasteiger partial charge in [-0.05, 0) is 17.7 Å². The van der Waals surface area contributed by atoms with E-state index in [1.807, 2.05) is 0 Å². The summed E-state index contributed by atoms with van der Waals surface area (Å²) in [6.45, 7) is 0. The van der Waals surface area contributed by atoms with E-state index in [9.17, 15) is 9.18 Å². The third kappa shape index (κ3) is 3.55. The lowest BCUT2D eigenvalue weighted by Gasteiger charge is -1.96. The highest BCUT2D eigenvalue weighted by Gasteiger charge is 1.99. The Balaban J connectivity index is 2.65. The summed E-state index contributed by atoms with van der Waals surface area (Å²) in [6, 6.07) is 4.02. The molecule has 0 aliphatic heterocycles. The normalized spacial score (nSPS) is 10.3. The van der Waals surface area contributed by atoms with Gasteiger partial charge in [-0.1, -0.05) is 22.8 Å². The van der Waals surface area contributed by atoms with Gasteiger partial charge in [0, 0.05) is 7.05 Å². The number of carbonyl (C=O) groups excluding carboxylic acids is 1. The number of oxime groups is 1. The van der Waals surface area contributed by atoms with Crippen LogP contribution < -0.4 is 5.32 Å². The Kier molecular flexibility index (Phi) is 4.05. The molecule has 0 bridgehead atoms. The van der Waals surface area contributed by atoms with Crippen LogP contribution in [0.3, 0.4) is 0 Å². The molecule has 0 heterocycles. The van der Waals surface area contributed by atoms with Crippen LogP contribution in [0, 0.1) is 5.82 Å². The van der Waals surface area contributed by atoms with E-state index in [0.717, 1.165) is 0 Å². The average Bonchev–Trinajstić information content (AvgIpc) is 2.23. The second-order valence-corrected chi connectivity index (χ2v) is 2.94. The summed E-state index contributed by atoms with van der Waals surface area (Å²) in [4.78, 5) is 14.9. The van der Waals surface area contributed by atoms with Crippen molar-refractivity contribution < 1.29 is 14.0 Å². The molecule has 0 atom stereocenters. The topological polar surface area (TPSA) is 50.7 Å². The maximum Gasteiger partial charge on any atom is 0.433 e. The van der Waals surface area contributed by atoms with E-state index in [0.29, 0.717) is 5.56 Å². The first-order valence-electron chi connectivity index (χ1n) is 4.00. The molecule has 0 radical (unpaired) electrons. The van der Waals surface area contributed by atoms with E-state index in [-0.39, 0.29) is 5.02 Å². The van der Waals surface area contributed by atoms with Gasteiger partial charge in [0.25, 0.3) is 0 Å². The second-order valence-electron chi connectivity index (χ2n) is 2.54. The summed E-state index contributed by atoms with van der Waals surface area (Å²) in [5.41, 5.74) is 0.533. The molecule has 6 heteroatoms. The number of hydrogen-bond donors (Lipinski definition) is 1. The lowest BCUT2D eigenvalue weighted by atomic mass is 10.2. The molecule has 1 rings (SSSR count). The van der Waals surface area contributed by atoms with Crippen LogP contribution in [0.15, 0.2) is 23.4 Å². The van der Waals surface area contributed by atoms with E-state index in [2.05, 4.69) is 15.3 Å². The number of amides is 1. The Hall–Kier alpha value is -1.62. The lowest BCUT2D eigenvalue weighted by molar-refractivity contribution is 0.154. The van der Waals surface area contributed by atoms with E-state index in [1.54, 1.807) is 0 Å². The summed E-state index contributed by atoms with van der Waals surface area (Å²) in [5.74, 6) is -0.513. The van der Waals surface area contributed by atoms with E-state index >= 15 is 0 Å². The molecule has 1 aromatic rings. The van der Waals surface area contributed by atoms with Crippen LogP contribution in [0.5, 0.6) is 0 Å². The number of rotatable bonds is 2. The van der Waals surface area contributed by atoms with Gasteiger partial charge in [-0.3, -0.25) is 4.84 Å². The minimum atomic E-state index is -0.681. The fraction of sp³-hybridized carbons (Fsp3) is 0.111. The minimum absolute atomic E-state index is 0.0149. The third-order valence-electron chi connectivity index (χ3n) is 1.49. The number of hydrogen-bond acceptors (Lipinski definition) is 3. The second kappa shape index (κ2) is 5.31. The lowest BCUT2D eigenvalue weighted by Crippen LogP contribution is -2.16. The highest BCUT2D eigenvalue weighted by molar-refractivity contribution is 6.31. The molecule has 0 aliphatic rings. The van der Waals surface area contributed by atoms with Gasteiger partial charge in [-0.15, -0.1) is 0 Å². The van der Waals surface area contributed by atoms with Gasteiger partial charge < -0.3 is 5.32 Å². The number of nitrogens with zero attached hydrogens (tertiary/aromatic N) is 1. The molecule has 1 N–H and O–H groups in total. The Morgan fingerprint density at radius 1 is 1.67 bits per heavy atom. The summed E-state index contributed by atoms with van der Waals surface area (Å²) >= 11 is 5.53. The Morgan fingerprint density at radius 3 is 3.00 bits per heavy atom. The molecule has 0 spiro atoms. The largest absolute Gasteiger partial charge is 0.433 e. The van der Waals surface area contributed by atoms with Crippen LogP contribution in [0.1, 0.15) is 5.56 Å². The van der Waals surface area contributed by atoms with Crippen molar-refractivity contribution in [3.63, 3.8) is 0 Å². The van der Waals surface area contributed by atoms with E-state index in [4.69, 9.17) is 11.6 Å². The van der Waals surface area contributed by atoms with Crippen molar-refractivity contribution in [2.75, 3.05) is 7.05 Å². The number of nitrogens with one attached hydrogen (secondary N) is 1. The Bertz CT molecular complexity index is 396. The van der Waals surface area contributed by atoms with Gasteiger partial charge in [-0.25, -0.2) is 9.18 Å². The predicted octanol–water partition coefficient (Wildman–Crippen LogP) is 2.17. The molecule has 0 saturated carbocycles. The molecular weight excluding hydrogens is 223 g/mol. The number of benzene rings is 1. The quantitative estimate of drug-likeness (QED) is 0.481. The maximum atomic E-state index is 12.7. The van der Waals surface area contributed by atoms with Crippen molar-refractivity contribution in [2.45, 2.75) is 0 Å². The standard InChI is InChI=1S/C9H8ClFN2O2/c1-12-9(14)15-13-5-6-2-3-8(11)7(10)4-6/h2-5H,1H3,(H,12,14)/b13-5-. The van der Waals surface area contributed by atoms with Gasteiger partial charge in [0.1, 0.15) is 5.82 Å². The SMILES string of the molecule is CNC(=O)O/N=C\c1ccc(F)c(Cl)c1. The van der Waals surface area contributed by atoms with Crippen molar-refractivity contribution in [1.29, 1.82) is 0 Å². The first-order valence-corrected chi connectivity index (χ1v) is 4.38. The van der Waals surface area contributed by atoms with Crippen LogP contribution in [0.4, 0.5) is 9.18 Å². The fourth-order valence-electron chi connectivity index (χ4n) is 0.773. The van der Waals surface area contributed by atoms with Gasteiger partial charge in [0.05, 0.1) is 11.2 Å². The monoisotopic (exact) mass is 230 g/mol. The molecular formula is C9H8ClFN2O2. The smallest absolute Gasteiger partial charge is 0.323 e. The average molecular weight is 231 g/mol. The molecule has 0 aliphatic carbocycles. The molecule has 1 amide bonds. The first kappa shape index (κ1) is 11.5. The van der Waals surface area contributed by atoms with Crippen LogP contribution in [-0.4, -0.2) is 19.4 Å². The van der Waals surface area contributed by atoms with Crippen LogP contribution in [0.2, 0.25) is 5.02 Å². The predicted molar refractivity (Wildman–Crippen MR) is 54.5 cm³/mol. The zero-order valence-electron chi connectivity index (χ0n) is 7.83. The molecule has 0 saturated heterocycles. The maximum absolute atomic E-state index is 12.7. The fourth-order valence-corrected chi connectivity index (χ4v) is 0.962. The van der Waals surface area contributed by atoms with Crippen LogP contribution in [-0.2, 0) is 4.84 Å². The highest BCUT2D eigenvalue weighted by Crippen LogP contribution is 2.14. The van der Waals surface area contributed by atoms with Crippen LogP contribution >= 0.6 is 11.6 Å². The van der Waals surface area contributed by atoms with Gasteiger partial charge in [-0.2, -0.15) is 0 Å². The number of carbonyl (C=O) groups is 1. The summed E-state index contributed by atoms with van der Waals surface area (Å²) in [5, 5.41) is 5.56. The molecule has 15 heavy (non-hydrogen) atoms. The van der Waals surface area contributed by atoms with Crippen molar-refractivity contribution in [1.82, 2.24) is 5.32 Å². The number of halogens is 2. The van der Waals surface area contributed by atoms with Crippen LogP contribution in [0.25, 0.3) is 0 Å². The molecule has 0 aromatic heterocycles. The Labute approximate surface area is 90.7 Å². The zero-order chi connectivity index (χ0) is 11.3. The molecule has 1 aromatic carbocycles. The Morgan fingerprint density at radius 2 is 2.40 bits per heavy atom. The molecule has 4 nitrogen and oxygen atoms in total. The summed E-state index contributed by atoms with van der Waals surface area (Å²) in [6.07, 6.45) is 0.569. The molecule has 0 fully saturated rings. The first-order chi connectivity index (χ1) is 7.13. The van der Waals surface area contributed by atoms with E-state index in [1.165, 1.54) is 31.5 Å². The van der Waals surface area contributed by atoms with Gasteiger partial charge in [0.15, 0.2) is 0 Å². The molecule has 80 valence electrons. The summed E-state index contributed by atoms with van der Waals surface area (Å²) < 4.78 is 12.7. The third-order valence-corrected chi connectivity index (χ3v) is 1.77.